The zero-order valence-electron chi connectivity index (χ0n) is 26.4. The molecule has 1 amide bonds. The summed E-state index contributed by atoms with van der Waals surface area (Å²) in [5.41, 5.74) is -1.15. The SMILES string of the molecule is CC[C@H](C)[C@H](CC(=O)[C@@]1(C)CCCN1C)C(=O)N(C)[C@H](C[C@@H](O)c1nc(C(=O)Oc2c(F)c(F)c(F)c(F)c2F)cs1)C(C)C. The summed E-state index contributed by atoms with van der Waals surface area (Å²) in [7, 11) is 3.54. The summed E-state index contributed by atoms with van der Waals surface area (Å²) in [6.07, 6.45) is 1.12. The van der Waals surface area contributed by atoms with E-state index in [1.165, 1.54) is 0 Å². The standard InChI is InChI=1S/C31H40F5N3O5S/c1-8-16(4)17(12-21(41)31(5)10-9-11-38(31)6)29(42)39(7)19(15(2)3)13-20(40)28-37-18(14-45-28)30(43)44-27-25(35)23(33)22(32)24(34)26(27)36/h14-17,19-20,40H,8-13H2,1-7H3/t16-,17-,19+,20+,31+/m0/s1. The third-order valence-electron chi connectivity index (χ3n) is 9.11. The predicted octanol–water partition coefficient (Wildman–Crippen LogP) is 6.07. The Hall–Kier alpha value is -2.97. The number of likely N-dealkylation sites (N-methyl/N-ethyl adjacent to an activating group) is 1. The summed E-state index contributed by atoms with van der Waals surface area (Å²) < 4.78 is 72.7. The largest absolute Gasteiger partial charge is 0.415 e. The van der Waals surface area contributed by atoms with E-state index < -0.39 is 70.1 Å². The van der Waals surface area contributed by atoms with Crippen molar-refractivity contribution < 1.29 is 46.2 Å². The van der Waals surface area contributed by atoms with Crippen molar-refractivity contribution in [3.8, 4) is 5.75 Å². The zero-order chi connectivity index (χ0) is 34.0. The molecule has 0 saturated carbocycles. The molecule has 0 radical (unpaired) electrons. The molecule has 1 aromatic carbocycles. The van der Waals surface area contributed by atoms with Gasteiger partial charge < -0.3 is 14.7 Å². The number of aliphatic hydroxyl groups excluding tert-OH is 1. The first-order chi connectivity index (χ1) is 21.0. The molecular formula is C31H40F5N3O5S. The molecule has 0 unspecified atom stereocenters. The minimum absolute atomic E-state index is 0.00116. The van der Waals surface area contributed by atoms with E-state index in [2.05, 4.69) is 9.72 Å². The number of likely N-dealkylation sites (tertiary alicyclic amines) is 1. The number of aliphatic hydroxyl groups is 1. The summed E-state index contributed by atoms with van der Waals surface area (Å²) in [6, 6.07) is -0.508. The number of Topliss-reactive ketones (excluding diaryl/α,β-unsaturated/α-hetero) is 1. The number of aromatic nitrogens is 1. The quantitative estimate of drug-likeness (QED) is 0.0915. The minimum atomic E-state index is -2.40. The number of ether oxygens (including phenoxy) is 1. The van der Waals surface area contributed by atoms with Crippen molar-refractivity contribution in [2.45, 2.75) is 84.4 Å². The van der Waals surface area contributed by atoms with Crippen LogP contribution in [0, 0.1) is 46.8 Å². The zero-order valence-corrected chi connectivity index (χ0v) is 27.2. The van der Waals surface area contributed by atoms with E-state index >= 15 is 0 Å². The third-order valence-corrected chi connectivity index (χ3v) is 10.1. The van der Waals surface area contributed by atoms with Crippen molar-refractivity contribution in [3.05, 3.63) is 45.2 Å². The van der Waals surface area contributed by atoms with Crippen LogP contribution >= 0.6 is 11.3 Å². The van der Waals surface area contributed by atoms with Crippen LogP contribution in [0.1, 0.15) is 88.3 Å². The second kappa shape index (κ2) is 14.6. The van der Waals surface area contributed by atoms with Crippen LogP contribution in [0.25, 0.3) is 0 Å². The molecule has 5 atom stereocenters. The van der Waals surface area contributed by atoms with E-state index in [0.29, 0.717) is 6.42 Å². The molecular weight excluding hydrogens is 621 g/mol. The van der Waals surface area contributed by atoms with Crippen molar-refractivity contribution in [1.29, 1.82) is 0 Å². The topological polar surface area (TPSA) is 100 Å². The van der Waals surface area contributed by atoms with Crippen LogP contribution in [-0.4, -0.2) is 69.8 Å². The maximum atomic E-state index is 14.0. The van der Waals surface area contributed by atoms with Crippen LogP contribution in [-0.2, 0) is 9.59 Å². The average Bonchev–Trinajstić information content (AvgIpc) is 3.64. The van der Waals surface area contributed by atoms with E-state index in [1.54, 1.807) is 11.9 Å². The van der Waals surface area contributed by atoms with Gasteiger partial charge in [0.25, 0.3) is 0 Å². The second-order valence-electron chi connectivity index (χ2n) is 12.3. The Morgan fingerprint density at radius 3 is 2.18 bits per heavy atom. The molecule has 1 aliphatic heterocycles. The smallest absolute Gasteiger partial charge is 0.363 e. The molecule has 14 heteroatoms. The lowest BCUT2D eigenvalue weighted by atomic mass is 9.80. The number of hydrogen-bond donors (Lipinski definition) is 1. The normalized spacial score (nSPS) is 19.8. The Bertz CT molecular complexity index is 1390. The van der Waals surface area contributed by atoms with E-state index in [4.69, 9.17) is 0 Å². The van der Waals surface area contributed by atoms with Crippen molar-refractivity contribution in [3.63, 3.8) is 0 Å². The number of nitrogens with zero attached hydrogens (tertiary/aromatic N) is 3. The van der Waals surface area contributed by atoms with E-state index in [9.17, 15) is 41.4 Å². The van der Waals surface area contributed by atoms with Gasteiger partial charge in [-0.1, -0.05) is 34.1 Å². The Balaban J connectivity index is 1.76. The second-order valence-corrected chi connectivity index (χ2v) is 13.2. The fourth-order valence-corrected chi connectivity index (χ4v) is 6.46. The molecule has 3 rings (SSSR count). The highest BCUT2D eigenvalue weighted by atomic mass is 32.1. The van der Waals surface area contributed by atoms with E-state index in [-0.39, 0.29) is 41.4 Å². The maximum absolute atomic E-state index is 14.0. The number of carbonyl (C=O) groups is 3. The van der Waals surface area contributed by atoms with Crippen molar-refractivity contribution in [2.24, 2.45) is 17.8 Å². The monoisotopic (exact) mass is 661 g/mol. The van der Waals surface area contributed by atoms with Gasteiger partial charge in [0.15, 0.2) is 11.5 Å². The Labute approximate surface area is 263 Å². The van der Waals surface area contributed by atoms with Gasteiger partial charge >= 0.3 is 5.97 Å². The summed E-state index contributed by atoms with van der Waals surface area (Å²) in [4.78, 5) is 47.4. The molecule has 0 spiro atoms. The molecule has 1 aliphatic rings. The first-order valence-electron chi connectivity index (χ1n) is 14.8. The number of esters is 1. The van der Waals surface area contributed by atoms with Crippen LogP contribution < -0.4 is 4.74 Å². The van der Waals surface area contributed by atoms with Gasteiger partial charge in [-0.2, -0.15) is 8.78 Å². The summed E-state index contributed by atoms with van der Waals surface area (Å²) >= 11 is 0.814. The maximum Gasteiger partial charge on any atom is 0.363 e. The lowest BCUT2D eigenvalue weighted by Crippen LogP contribution is -2.50. The third kappa shape index (κ3) is 7.54. The van der Waals surface area contributed by atoms with Crippen molar-refractivity contribution in [1.82, 2.24) is 14.8 Å². The molecule has 0 aliphatic carbocycles. The van der Waals surface area contributed by atoms with Gasteiger partial charge in [0, 0.05) is 37.2 Å². The van der Waals surface area contributed by atoms with Gasteiger partial charge in [-0.15, -0.1) is 11.3 Å². The number of carbonyl (C=O) groups excluding carboxylic acids is 3. The lowest BCUT2D eigenvalue weighted by molar-refractivity contribution is -0.143. The molecule has 1 fully saturated rings. The molecule has 250 valence electrons. The molecule has 1 N–H and O–H groups in total. The van der Waals surface area contributed by atoms with Crippen LogP contribution in [0.4, 0.5) is 22.0 Å². The van der Waals surface area contributed by atoms with Gasteiger partial charge in [0.2, 0.25) is 40.7 Å². The number of thiazole rings is 1. The van der Waals surface area contributed by atoms with Crippen molar-refractivity contribution >= 4 is 29.0 Å². The van der Waals surface area contributed by atoms with Gasteiger partial charge in [-0.05, 0) is 45.2 Å². The molecule has 8 nitrogen and oxygen atoms in total. The molecule has 1 saturated heterocycles. The van der Waals surface area contributed by atoms with E-state index in [1.807, 2.05) is 46.6 Å². The molecule has 1 aromatic heterocycles. The van der Waals surface area contributed by atoms with Gasteiger partial charge in [0.1, 0.15) is 11.1 Å². The van der Waals surface area contributed by atoms with Crippen LogP contribution in [0.3, 0.4) is 0 Å². The Morgan fingerprint density at radius 2 is 1.67 bits per heavy atom. The number of ketones is 1. The summed E-state index contributed by atoms with van der Waals surface area (Å²) in [5, 5.41) is 12.1. The first-order valence-corrected chi connectivity index (χ1v) is 15.7. The highest BCUT2D eigenvalue weighted by Crippen LogP contribution is 2.35. The number of benzene rings is 1. The first kappa shape index (κ1) is 36.5. The van der Waals surface area contributed by atoms with Gasteiger partial charge in [0.05, 0.1) is 5.54 Å². The lowest BCUT2D eigenvalue weighted by Gasteiger charge is -2.37. The Kier molecular flexibility index (Phi) is 11.9. The van der Waals surface area contributed by atoms with Gasteiger partial charge in [-0.3, -0.25) is 14.5 Å². The molecule has 0 bridgehead atoms. The van der Waals surface area contributed by atoms with Gasteiger partial charge in [-0.25, -0.2) is 22.9 Å². The fourth-order valence-electron chi connectivity index (χ4n) is 5.67. The van der Waals surface area contributed by atoms with Crippen molar-refractivity contribution in [2.75, 3.05) is 20.6 Å². The van der Waals surface area contributed by atoms with Crippen LogP contribution in [0.15, 0.2) is 5.38 Å². The minimum Gasteiger partial charge on any atom is -0.415 e. The fraction of sp³-hybridized carbons (Fsp3) is 0.613. The van der Waals surface area contributed by atoms with E-state index in [0.717, 1.165) is 36.1 Å². The number of halogens is 5. The average molecular weight is 662 g/mol. The van der Waals surface area contributed by atoms with Crippen LogP contribution in [0.2, 0.25) is 0 Å². The number of amides is 1. The molecule has 2 aromatic rings. The molecule has 2 heterocycles. The Morgan fingerprint density at radius 1 is 1.09 bits per heavy atom. The molecule has 45 heavy (non-hydrogen) atoms. The number of hydrogen-bond acceptors (Lipinski definition) is 8. The highest BCUT2D eigenvalue weighted by molar-refractivity contribution is 7.09. The number of rotatable bonds is 13. The van der Waals surface area contributed by atoms with Crippen LogP contribution in [0.5, 0.6) is 5.75 Å². The summed E-state index contributed by atoms with van der Waals surface area (Å²) in [6.45, 7) is 10.4. The summed E-state index contributed by atoms with van der Waals surface area (Å²) in [5.74, 6) is -15.8. The highest BCUT2D eigenvalue weighted by Gasteiger charge is 2.43. The predicted molar refractivity (Wildman–Crippen MR) is 157 cm³/mol.